The number of hydrogen-bond donors (Lipinski definition) is 1. The number of hydrogen-bond acceptors (Lipinski definition) is 3. The lowest BCUT2D eigenvalue weighted by molar-refractivity contribution is 0.306. The highest BCUT2D eigenvalue weighted by Crippen LogP contribution is 2.33. The third-order valence-electron chi connectivity index (χ3n) is 3.95. The van der Waals surface area contributed by atoms with E-state index in [2.05, 4.69) is 29.3 Å². The van der Waals surface area contributed by atoms with Crippen molar-refractivity contribution in [2.24, 2.45) is 0 Å². The van der Waals surface area contributed by atoms with Gasteiger partial charge in [-0.2, -0.15) is 0 Å². The Kier molecular flexibility index (Phi) is 4.86. The van der Waals surface area contributed by atoms with Gasteiger partial charge in [-0.3, -0.25) is 0 Å². The van der Waals surface area contributed by atoms with E-state index < -0.39 is 0 Å². The molecule has 2 aromatic carbocycles. The van der Waals surface area contributed by atoms with Gasteiger partial charge in [-0.15, -0.1) is 0 Å². The van der Waals surface area contributed by atoms with Crippen molar-refractivity contribution in [3.63, 3.8) is 0 Å². The van der Waals surface area contributed by atoms with Gasteiger partial charge in [-0.25, -0.2) is 0 Å². The van der Waals surface area contributed by atoms with Crippen LogP contribution in [-0.4, -0.2) is 26.2 Å². The molecular formula is C18H21ClN2O. The standard InChI is InChI=1S/C18H21ClN2O/c1-14-11-18(22-13-15-5-3-2-4-6-15)16(19)12-17(14)21-9-7-20-8-10-21/h2-6,11-12,20H,7-10,13H2,1H3. The fraction of sp³-hybridized carbons (Fsp3) is 0.333. The third-order valence-corrected chi connectivity index (χ3v) is 4.24. The lowest BCUT2D eigenvalue weighted by atomic mass is 10.1. The van der Waals surface area contributed by atoms with Gasteiger partial charge in [0.25, 0.3) is 0 Å². The number of benzene rings is 2. The van der Waals surface area contributed by atoms with Crippen molar-refractivity contribution < 1.29 is 4.74 Å². The molecule has 0 unspecified atom stereocenters. The number of piperazine rings is 1. The van der Waals surface area contributed by atoms with Gasteiger partial charge in [0.15, 0.2) is 0 Å². The Hall–Kier alpha value is -1.71. The zero-order valence-corrected chi connectivity index (χ0v) is 13.6. The van der Waals surface area contributed by atoms with Crippen LogP contribution in [-0.2, 0) is 6.61 Å². The molecule has 0 spiro atoms. The predicted octanol–water partition coefficient (Wildman–Crippen LogP) is 3.64. The molecule has 0 aliphatic carbocycles. The van der Waals surface area contributed by atoms with Gasteiger partial charge in [0.2, 0.25) is 0 Å². The first-order valence-corrected chi connectivity index (χ1v) is 8.04. The van der Waals surface area contributed by atoms with Gasteiger partial charge in [-0.1, -0.05) is 41.9 Å². The topological polar surface area (TPSA) is 24.5 Å². The van der Waals surface area contributed by atoms with Crippen LogP contribution in [0.15, 0.2) is 42.5 Å². The lowest BCUT2D eigenvalue weighted by Crippen LogP contribution is -2.43. The van der Waals surface area contributed by atoms with Crippen molar-refractivity contribution in [3.05, 3.63) is 58.6 Å². The minimum absolute atomic E-state index is 0.535. The minimum Gasteiger partial charge on any atom is -0.487 e. The van der Waals surface area contributed by atoms with Crippen LogP contribution in [0.25, 0.3) is 0 Å². The molecule has 2 aromatic rings. The monoisotopic (exact) mass is 316 g/mol. The van der Waals surface area contributed by atoms with Crippen molar-refractivity contribution in [1.29, 1.82) is 0 Å². The van der Waals surface area contributed by atoms with Gasteiger partial charge < -0.3 is 15.0 Å². The summed E-state index contributed by atoms with van der Waals surface area (Å²) in [5, 5.41) is 4.05. The molecule has 3 rings (SSSR count). The Morgan fingerprint density at radius 3 is 2.59 bits per heavy atom. The maximum atomic E-state index is 6.42. The molecular weight excluding hydrogens is 296 g/mol. The van der Waals surface area contributed by atoms with E-state index in [1.807, 2.05) is 30.3 Å². The summed E-state index contributed by atoms with van der Waals surface area (Å²) in [5.41, 5.74) is 3.55. The smallest absolute Gasteiger partial charge is 0.138 e. The van der Waals surface area contributed by atoms with Crippen LogP contribution in [0.5, 0.6) is 5.75 Å². The Morgan fingerprint density at radius 1 is 1.14 bits per heavy atom. The van der Waals surface area contributed by atoms with Crippen molar-refractivity contribution in [3.8, 4) is 5.75 Å². The summed E-state index contributed by atoms with van der Waals surface area (Å²) < 4.78 is 5.88. The molecule has 0 radical (unpaired) electrons. The molecule has 3 nitrogen and oxygen atoms in total. The first-order valence-electron chi connectivity index (χ1n) is 7.66. The molecule has 116 valence electrons. The number of nitrogens with zero attached hydrogens (tertiary/aromatic N) is 1. The predicted molar refractivity (Wildman–Crippen MR) is 92.0 cm³/mol. The highest BCUT2D eigenvalue weighted by atomic mass is 35.5. The van der Waals surface area contributed by atoms with E-state index in [0.29, 0.717) is 11.6 Å². The Bertz CT molecular complexity index is 624. The first-order chi connectivity index (χ1) is 10.7. The normalized spacial score (nSPS) is 14.9. The van der Waals surface area contributed by atoms with E-state index in [1.165, 1.54) is 11.3 Å². The van der Waals surface area contributed by atoms with Crippen LogP contribution < -0.4 is 15.0 Å². The Morgan fingerprint density at radius 2 is 1.86 bits per heavy atom. The average Bonchev–Trinajstić information content (AvgIpc) is 2.57. The fourth-order valence-electron chi connectivity index (χ4n) is 2.74. The number of halogens is 1. The molecule has 0 saturated carbocycles. The van der Waals surface area contributed by atoms with Crippen LogP contribution in [0.1, 0.15) is 11.1 Å². The number of aryl methyl sites for hydroxylation is 1. The molecule has 4 heteroatoms. The summed E-state index contributed by atoms with van der Waals surface area (Å²) >= 11 is 6.42. The summed E-state index contributed by atoms with van der Waals surface area (Å²) in [6.45, 7) is 6.71. The molecule has 0 atom stereocenters. The van der Waals surface area contributed by atoms with E-state index in [9.17, 15) is 0 Å². The van der Waals surface area contributed by atoms with E-state index >= 15 is 0 Å². The first kappa shape index (κ1) is 15.2. The lowest BCUT2D eigenvalue weighted by Gasteiger charge is -2.31. The molecule has 0 bridgehead atoms. The molecule has 0 aromatic heterocycles. The SMILES string of the molecule is Cc1cc(OCc2ccccc2)c(Cl)cc1N1CCNCC1. The Balaban J connectivity index is 1.74. The summed E-state index contributed by atoms with van der Waals surface area (Å²) in [5.74, 6) is 0.752. The molecule has 1 fully saturated rings. The van der Waals surface area contributed by atoms with Gasteiger partial charge in [0.05, 0.1) is 5.02 Å². The van der Waals surface area contributed by atoms with Crippen LogP contribution in [0.4, 0.5) is 5.69 Å². The zero-order valence-electron chi connectivity index (χ0n) is 12.8. The van der Waals surface area contributed by atoms with Gasteiger partial charge >= 0.3 is 0 Å². The summed E-state index contributed by atoms with van der Waals surface area (Å²) in [6.07, 6.45) is 0. The fourth-order valence-corrected chi connectivity index (χ4v) is 2.95. The highest BCUT2D eigenvalue weighted by Gasteiger charge is 2.15. The van der Waals surface area contributed by atoms with Crippen molar-refractivity contribution >= 4 is 17.3 Å². The van der Waals surface area contributed by atoms with E-state index in [0.717, 1.165) is 37.5 Å². The number of ether oxygens (including phenoxy) is 1. The quantitative estimate of drug-likeness (QED) is 0.932. The van der Waals surface area contributed by atoms with Gasteiger partial charge in [-0.05, 0) is 30.2 Å². The second-order valence-corrected chi connectivity index (χ2v) is 5.99. The molecule has 1 N–H and O–H groups in total. The summed E-state index contributed by atoms with van der Waals surface area (Å²) in [4.78, 5) is 2.37. The second kappa shape index (κ2) is 7.03. The van der Waals surface area contributed by atoms with E-state index in [4.69, 9.17) is 16.3 Å². The third kappa shape index (κ3) is 3.54. The molecule has 0 amide bonds. The number of rotatable bonds is 4. The summed E-state index contributed by atoms with van der Waals surface area (Å²) in [7, 11) is 0. The van der Waals surface area contributed by atoms with Crippen LogP contribution >= 0.6 is 11.6 Å². The molecule has 22 heavy (non-hydrogen) atoms. The van der Waals surface area contributed by atoms with Crippen LogP contribution in [0, 0.1) is 6.92 Å². The van der Waals surface area contributed by atoms with Gasteiger partial charge in [0.1, 0.15) is 12.4 Å². The minimum atomic E-state index is 0.535. The summed E-state index contributed by atoms with van der Waals surface area (Å²) in [6, 6.07) is 14.2. The Labute approximate surface area is 136 Å². The largest absolute Gasteiger partial charge is 0.487 e. The molecule has 1 saturated heterocycles. The van der Waals surface area contributed by atoms with Crippen LogP contribution in [0.2, 0.25) is 5.02 Å². The molecule has 1 heterocycles. The average molecular weight is 317 g/mol. The highest BCUT2D eigenvalue weighted by molar-refractivity contribution is 6.32. The second-order valence-electron chi connectivity index (χ2n) is 5.58. The number of nitrogens with one attached hydrogen (secondary N) is 1. The van der Waals surface area contributed by atoms with Crippen molar-refractivity contribution in [2.75, 3.05) is 31.1 Å². The molecule has 1 aliphatic rings. The van der Waals surface area contributed by atoms with Crippen LogP contribution in [0.3, 0.4) is 0 Å². The van der Waals surface area contributed by atoms with Crippen molar-refractivity contribution in [1.82, 2.24) is 5.32 Å². The number of anilines is 1. The van der Waals surface area contributed by atoms with Crippen molar-refractivity contribution in [2.45, 2.75) is 13.5 Å². The van der Waals surface area contributed by atoms with E-state index in [1.54, 1.807) is 0 Å². The zero-order chi connectivity index (χ0) is 15.4. The van der Waals surface area contributed by atoms with Gasteiger partial charge in [0, 0.05) is 31.9 Å². The molecule has 1 aliphatic heterocycles. The maximum Gasteiger partial charge on any atom is 0.138 e. The maximum absolute atomic E-state index is 6.42. The van der Waals surface area contributed by atoms with E-state index in [-0.39, 0.29) is 0 Å².